The van der Waals surface area contributed by atoms with Crippen LogP contribution in [-0.4, -0.2) is 66.8 Å². The lowest BCUT2D eigenvalue weighted by molar-refractivity contribution is -0.142. The molecule has 2 fully saturated rings. The van der Waals surface area contributed by atoms with E-state index in [1.807, 2.05) is 0 Å². The second-order valence-electron chi connectivity index (χ2n) is 5.35. The van der Waals surface area contributed by atoms with Crippen LogP contribution in [0.15, 0.2) is 0 Å². The quantitative estimate of drug-likeness (QED) is 0.628. The lowest BCUT2D eigenvalue weighted by atomic mass is 10.1. The van der Waals surface area contributed by atoms with Crippen molar-refractivity contribution in [3.05, 3.63) is 0 Å². The van der Waals surface area contributed by atoms with Gasteiger partial charge in [-0.3, -0.25) is 9.59 Å². The number of carboxylic acid groups (broad SMARTS) is 1. The molecule has 8 heteroatoms. The van der Waals surface area contributed by atoms with Gasteiger partial charge in [-0.1, -0.05) is 0 Å². The van der Waals surface area contributed by atoms with E-state index in [4.69, 9.17) is 9.84 Å². The first kappa shape index (κ1) is 15.6. The molecule has 2 unspecified atom stereocenters. The highest BCUT2D eigenvalue weighted by Gasteiger charge is 2.34. The lowest BCUT2D eigenvalue weighted by Crippen LogP contribution is -2.60. The number of ether oxygens (including phenoxy) is 1. The van der Waals surface area contributed by atoms with Gasteiger partial charge in [-0.15, -0.1) is 0 Å². The highest BCUT2D eigenvalue weighted by molar-refractivity contribution is 5.91. The molecule has 2 rings (SSSR count). The second kappa shape index (κ2) is 7.26. The first-order valence-electron chi connectivity index (χ1n) is 7.19. The average Bonchev–Trinajstić information content (AvgIpc) is 2.93. The number of hydrogen-bond acceptors (Lipinski definition) is 4. The van der Waals surface area contributed by atoms with Gasteiger partial charge in [0.15, 0.2) is 0 Å². The first-order chi connectivity index (χ1) is 10.1. The Hall–Kier alpha value is -1.83. The summed E-state index contributed by atoms with van der Waals surface area (Å²) in [5, 5.41) is 14.2. The maximum atomic E-state index is 12.1. The number of hydrogen-bond donors (Lipinski definition) is 3. The monoisotopic (exact) mass is 299 g/mol. The molecule has 2 atom stereocenters. The summed E-state index contributed by atoms with van der Waals surface area (Å²) in [5.74, 6) is -1.05. The van der Waals surface area contributed by atoms with E-state index in [9.17, 15) is 14.4 Å². The summed E-state index contributed by atoms with van der Waals surface area (Å²) in [6.45, 7) is 2.67. The number of carbonyl (C=O) groups excluding carboxylic acids is 2. The predicted molar refractivity (Wildman–Crippen MR) is 72.7 cm³/mol. The zero-order valence-electron chi connectivity index (χ0n) is 11.8. The van der Waals surface area contributed by atoms with E-state index in [-0.39, 0.29) is 12.5 Å². The molecule has 118 valence electrons. The van der Waals surface area contributed by atoms with Gasteiger partial charge in [0.05, 0.1) is 6.42 Å². The molecule has 3 N–H and O–H groups in total. The van der Waals surface area contributed by atoms with E-state index in [2.05, 4.69) is 10.6 Å². The van der Waals surface area contributed by atoms with Gasteiger partial charge < -0.3 is 25.4 Å². The van der Waals surface area contributed by atoms with E-state index in [0.717, 1.165) is 26.1 Å². The normalized spacial score (nSPS) is 25.5. The predicted octanol–water partition coefficient (Wildman–Crippen LogP) is -0.602. The number of amides is 3. The van der Waals surface area contributed by atoms with Gasteiger partial charge in [0.2, 0.25) is 5.91 Å². The fourth-order valence-electron chi connectivity index (χ4n) is 2.62. The molecule has 0 aromatic carbocycles. The molecule has 0 saturated carbocycles. The highest BCUT2D eigenvalue weighted by atomic mass is 16.5. The van der Waals surface area contributed by atoms with Crippen LogP contribution in [0.2, 0.25) is 0 Å². The summed E-state index contributed by atoms with van der Waals surface area (Å²) in [6, 6.07) is -1.32. The maximum Gasteiger partial charge on any atom is 0.318 e. The second-order valence-corrected chi connectivity index (χ2v) is 5.35. The number of carboxylic acids is 1. The summed E-state index contributed by atoms with van der Waals surface area (Å²) in [7, 11) is 0. The van der Waals surface area contributed by atoms with Crippen LogP contribution in [0.3, 0.4) is 0 Å². The van der Waals surface area contributed by atoms with Crippen molar-refractivity contribution in [1.29, 1.82) is 0 Å². The average molecular weight is 299 g/mol. The van der Waals surface area contributed by atoms with Crippen molar-refractivity contribution in [1.82, 2.24) is 15.5 Å². The van der Waals surface area contributed by atoms with Crippen LogP contribution >= 0.6 is 0 Å². The van der Waals surface area contributed by atoms with E-state index in [0.29, 0.717) is 25.6 Å². The summed E-state index contributed by atoms with van der Waals surface area (Å²) in [4.78, 5) is 36.0. The van der Waals surface area contributed by atoms with Crippen molar-refractivity contribution in [3.63, 3.8) is 0 Å². The maximum absolute atomic E-state index is 12.1. The smallest absolute Gasteiger partial charge is 0.318 e. The topological polar surface area (TPSA) is 108 Å². The molecule has 8 nitrogen and oxygen atoms in total. The number of nitrogens with zero attached hydrogens (tertiary/aromatic N) is 1. The molecule has 0 spiro atoms. The number of carbonyl (C=O) groups is 3. The Balaban J connectivity index is 1.82. The molecule has 2 aliphatic heterocycles. The summed E-state index contributed by atoms with van der Waals surface area (Å²) < 4.78 is 5.26. The molecule has 0 aromatic heterocycles. The van der Waals surface area contributed by atoms with Crippen molar-refractivity contribution in [3.8, 4) is 0 Å². The fourth-order valence-corrected chi connectivity index (χ4v) is 2.62. The molecular weight excluding hydrogens is 278 g/mol. The van der Waals surface area contributed by atoms with E-state index in [1.165, 1.54) is 4.90 Å². The molecule has 2 heterocycles. The third kappa shape index (κ3) is 4.32. The largest absolute Gasteiger partial charge is 0.481 e. The van der Waals surface area contributed by atoms with Crippen LogP contribution in [0.25, 0.3) is 0 Å². The molecular formula is C13H21N3O5. The Kier molecular flexibility index (Phi) is 5.38. The molecule has 2 aliphatic rings. The number of piperazine rings is 1. The van der Waals surface area contributed by atoms with Crippen LogP contribution < -0.4 is 10.6 Å². The Morgan fingerprint density at radius 1 is 1.48 bits per heavy atom. The molecule has 0 radical (unpaired) electrons. The van der Waals surface area contributed by atoms with Gasteiger partial charge in [0.1, 0.15) is 6.04 Å². The van der Waals surface area contributed by atoms with Gasteiger partial charge in [-0.25, -0.2) is 4.79 Å². The minimum absolute atomic E-state index is 0.321. The van der Waals surface area contributed by atoms with E-state index >= 15 is 0 Å². The number of rotatable bonds is 5. The Bertz CT molecular complexity index is 409. The Morgan fingerprint density at radius 2 is 2.29 bits per heavy atom. The standard InChI is InChI=1S/C13H21N3O5/c17-11(18)7-10-12(19)14-4-5-16(10)13(20)15-3-1-9-2-6-21-8-9/h9-10H,1-8H2,(H,14,19)(H,15,20)(H,17,18). The highest BCUT2D eigenvalue weighted by Crippen LogP contribution is 2.15. The van der Waals surface area contributed by atoms with Crippen molar-refractivity contribution in [2.45, 2.75) is 25.3 Å². The zero-order valence-corrected chi connectivity index (χ0v) is 11.8. The molecule has 2 saturated heterocycles. The number of aliphatic carboxylic acids is 1. The first-order valence-corrected chi connectivity index (χ1v) is 7.19. The van der Waals surface area contributed by atoms with Gasteiger partial charge in [-0.05, 0) is 18.8 Å². The van der Waals surface area contributed by atoms with Crippen molar-refractivity contribution in [2.75, 3.05) is 32.8 Å². The zero-order chi connectivity index (χ0) is 15.2. The third-order valence-electron chi connectivity index (χ3n) is 3.81. The van der Waals surface area contributed by atoms with Crippen LogP contribution in [0, 0.1) is 5.92 Å². The van der Waals surface area contributed by atoms with Crippen LogP contribution in [0.1, 0.15) is 19.3 Å². The summed E-state index contributed by atoms with van der Waals surface area (Å²) in [5.41, 5.74) is 0. The Labute approximate surface area is 122 Å². The van der Waals surface area contributed by atoms with Gasteiger partial charge in [0.25, 0.3) is 0 Å². The molecule has 21 heavy (non-hydrogen) atoms. The van der Waals surface area contributed by atoms with Gasteiger partial charge in [-0.2, -0.15) is 0 Å². The van der Waals surface area contributed by atoms with Crippen molar-refractivity contribution in [2.24, 2.45) is 5.92 Å². The summed E-state index contributed by atoms with van der Waals surface area (Å²) in [6.07, 6.45) is 1.45. The van der Waals surface area contributed by atoms with Crippen molar-refractivity contribution >= 4 is 17.9 Å². The van der Waals surface area contributed by atoms with Crippen LogP contribution in [-0.2, 0) is 14.3 Å². The van der Waals surface area contributed by atoms with Crippen LogP contribution in [0.4, 0.5) is 4.79 Å². The SMILES string of the molecule is O=C(O)CC1C(=O)NCCN1C(=O)NCCC1CCOC1. The van der Waals surface area contributed by atoms with Crippen LogP contribution in [0.5, 0.6) is 0 Å². The minimum Gasteiger partial charge on any atom is -0.481 e. The van der Waals surface area contributed by atoms with E-state index < -0.39 is 17.9 Å². The minimum atomic E-state index is -1.10. The van der Waals surface area contributed by atoms with E-state index in [1.54, 1.807) is 0 Å². The molecule has 0 aromatic rings. The molecule has 0 aliphatic carbocycles. The number of nitrogens with one attached hydrogen (secondary N) is 2. The van der Waals surface area contributed by atoms with Gasteiger partial charge >= 0.3 is 12.0 Å². The third-order valence-corrected chi connectivity index (χ3v) is 3.81. The van der Waals surface area contributed by atoms with Gasteiger partial charge in [0, 0.05) is 32.8 Å². The molecule has 0 bridgehead atoms. The fraction of sp³-hybridized carbons (Fsp3) is 0.769. The summed E-state index contributed by atoms with van der Waals surface area (Å²) >= 11 is 0. The van der Waals surface area contributed by atoms with Crippen molar-refractivity contribution < 1.29 is 24.2 Å². The number of urea groups is 1. The molecule has 3 amide bonds. The lowest BCUT2D eigenvalue weighted by Gasteiger charge is -2.34. The Morgan fingerprint density at radius 3 is 2.95 bits per heavy atom.